The quantitative estimate of drug-likeness (QED) is 0.642. The van der Waals surface area contributed by atoms with E-state index in [9.17, 15) is 14.7 Å². The predicted molar refractivity (Wildman–Crippen MR) is 83.2 cm³/mol. The molecule has 0 atom stereocenters. The molecule has 1 fully saturated rings. The molecule has 0 bridgehead atoms. The molecule has 0 saturated heterocycles. The summed E-state index contributed by atoms with van der Waals surface area (Å²) in [6, 6.07) is 0. The fraction of sp³-hybridized carbons (Fsp3) is 0.875. The van der Waals surface area contributed by atoms with Crippen molar-refractivity contribution in [3.63, 3.8) is 0 Å². The van der Waals surface area contributed by atoms with Crippen molar-refractivity contribution >= 4 is 11.9 Å². The van der Waals surface area contributed by atoms with Gasteiger partial charge in [-0.05, 0) is 32.7 Å². The average molecular weight is 298 g/mol. The van der Waals surface area contributed by atoms with Crippen LogP contribution in [0.15, 0.2) is 0 Å². The number of carboxylic acids is 1. The highest BCUT2D eigenvalue weighted by molar-refractivity contribution is 5.79. The summed E-state index contributed by atoms with van der Waals surface area (Å²) in [5, 5.41) is 15.6. The zero-order valence-corrected chi connectivity index (χ0v) is 13.6. The molecule has 0 unspecified atom stereocenters. The van der Waals surface area contributed by atoms with Gasteiger partial charge in [0.1, 0.15) is 0 Å². The van der Waals surface area contributed by atoms with Gasteiger partial charge in [-0.25, -0.2) is 0 Å². The second-order valence-corrected chi connectivity index (χ2v) is 6.34. The summed E-state index contributed by atoms with van der Waals surface area (Å²) in [6.07, 6.45) is 7.05. The summed E-state index contributed by atoms with van der Waals surface area (Å²) in [6.45, 7) is 3.94. The largest absolute Gasteiger partial charge is 0.481 e. The van der Waals surface area contributed by atoms with Gasteiger partial charge in [0.05, 0.1) is 5.41 Å². The summed E-state index contributed by atoms with van der Waals surface area (Å²) in [5.74, 6) is -0.868. The van der Waals surface area contributed by atoms with Crippen molar-refractivity contribution in [2.75, 3.05) is 13.6 Å². The first-order valence-corrected chi connectivity index (χ1v) is 8.12. The Morgan fingerprint density at radius 2 is 1.71 bits per heavy atom. The third kappa shape index (κ3) is 4.43. The number of carboxylic acid groups (broad SMARTS) is 1. The van der Waals surface area contributed by atoms with Crippen LogP contribution in [0.3, 0.4) is 0 Å². The molecular formula is C16H30N2O3. The normalized spacial score (nSPS) is 18.2. The van der Waals surface area contributed by atoms with Crippen LogP contribution in [-0.4, -0.2) is 36.1 Å². The minimum Gasteiger partial charge on any atom is -0.481 e. The van der Waals surface area contributed by atoms with E-state index in [1.54, 1.807) is 0 Å². The Bertz CT molecular complexity index is 359. The lowest BCUT2D eigenvalue weighted by molar-refractivity contribution is -0.149. The van der Waals surface area contributed by atoms with E-state index in [1.807, 2.05) is 20.9 Å². The fourth-order valence-corrected chi connectivity index (χ4v) is 3.26. The van der Waals surface area contributed by atoms with Crippen molar-refractivity contribution in [1.82, 2.24) is 10.6 Å². The van der Waals surface area contributed by atoms with Crippen molar-refractivity contribution in [1.29, 1.82) is 0 Å². The number of carbonyl (C=O) groups excluding carboxylic acids is 1. The topological polar surface area (TPSA) is 78.4 Å². The molecule has 1 saturated carbocycles. The molecule has 0 aromatic rings. The number of carbonyl (C=O) groups is 2. The molecule has 5 nitrogen and oxygen atoms in total. The Kier molecular flexibility index (Phi) is 6.65. The van der Waals surface area contributed by atoms with E-state index in [0.29, 0.717) is 19.3 Å². The van der Waals surface area contributed by atoms with Gasteiger partial charge in [-0.3, -0.25) is 9.59 Å². The monoisotopic (exact) mass is 298 g/mol. The van der Waals surface area contributed by atoms with E-state index in [0.717, 1.165) is 25.7 Å². The molecule has 0 aromatic heterocycles. The van der Waals surface area contributed by atoms with Gasteiger partial charge in [-0.2, -0.15) is 0 Å². The summed E-state index contributed by atoms with van der Waals surface area (Å²) in [5.41, 5.74) is -0.943. The highest BCUT2D eigenvalue weighted by Gasteiger charge is 2.37. The minimum atomic E-state index is -0.838. The number of hydrogen-bond donors (Lipinski definition) is 3. The smallest absolute Gasteiger partial charge is 0.311 e. The van der Waals surface area contributed by atoms with Gasteiger partial charge >= 0.3 is 5.97 Å². The molecule has 21 heavy (non-hydrogen) atoms. The Hall–Kier alpha value is -1.10. The average Bonchev–Trinajstić information content (AvgIpc) is 2.49. The van der Waals surface area contributed by atoms with Crippen LogP contribution in [0.5, 0.6) is 0 Å². The SMILES string of the molecule is CCC(CC)(CNC(=O)CC1(NC)CCCCC1)C(=O)O. The second kappa shape index (κ2) is 7.78. The number of nitrogens with one attached hydrogen (secondary N) is 2. The first-order valence-electron chi connectivity index (χ1n) is 8.12. The fourth-order valence-electron chi connectivity index (χ4n) is 3.26. The van der Waals surface area contributed by atoms with Crippen LogP contribution < -0.4 is 10.6 Å². The Balaban J connectivity index is 2.58. The van der Waals surface area contributed by atoms with Crippen LogP contribution in [0.4, 0.5) is 0 Å². The van der Waals surface area contributed by atoms with Crippen molar-refractivity contribution in [2.24, 2.45) is 5.41 Å². The third-order valence-corrected chi connectivity index (χ3v) is 5.27. The summed E-state index contributed by atoms with van der Waals surface area (Å²) in [4.78, 5) is 23.7. The molecular weight excluding hydrogens is 268 g/mol. The number of aliphatic carboxylic acids is 1. The molecule has 0 aromatic carbocycles. The summed E-state index contributed by atoms with van der Waals surface area (Å²) >= 11 is 0. The molecule has 3 N–H and O–H groups in total. The lowest BCUT2D eigenvalue weighted by atomic mass is 9.79. The van der Waals surface area contributed by atoms with Crippen molar-refractivity contribution in [3.8, 4) is 0 Å². The lowest BCUT2D eigenvalue weighted by Gasteiger charge is -2.37. The number of hydrogen-bond acceptors (Lipinski definition) is 3. The standard InChI is InChI=1S/C16H30N2O3/c1-4-15(5-2,14(20)21)12-18-13(19)11-16(17-3)9-7-6-8-10-16/h17H,4-12H2,1-3H3,(H,18,19)(H,20,21). The van der Waals surface area contributed by atoms with Crippen molar-refractivity contribution in [2.45, 2.75) is 70.8 Å². The molecule has 122 valence electrons. The van der Waals surface area contributed by atoms with E-state index in [4.69, 9.17) is 0 Å². The number of rotatable bonds is 8. The molecule has 5 heteroatoms. The summed E-state index contributed by atoms with van der Waals surface area (Å²) in [7, 11) is 1.91. The van der Waals surface area contributed by atoms with Crippen LogP contribution in [0.2, 0.25) is 0 Å². The lowest BCUT2D eigenvalue weighted by Crippen LogP contribution is -2.50. The predicted octanol–water partition coefficient (Wildman–Crippen LogP) is 2.31. The van der Waals surface area contributed by atoms with Gasteiger partial charge in [-0.15, -0.1) is 0 Å². The molecule has 1 rings (SSSR count). The van der Waals surface area contributed by atoms with Crippen molar-refractivity contribution < 1.29 is 14.7 Å². The van der Waals surface area contributed by atoms with Crippen molar-refractivity contribution in [3.05, 3.63) is 0 Å². The van der Waals surface area contributed by atoms with E-state index >= 15 is 0 Å². The first-order chi connectivity index (χ1) is 9.93. The molecule has 0 radical (unpaired) electrons. The summed E-state index contributed by atoms with van der Waals surface area (Å²) < 4.78 is 0. The minimum absolute atomic E-state index is 0.0428. The van der Waals surface area contributed by atoms with Gasteiger partial charge in [0, 0.05) is 18.5 Å². The second-order valence-electron chi connectivity index (χ2n) is 6.34. The van der Waals surface area contributed by atoms with Crippen LogP contribution in [0, 0.1) is 5.41 Å². The molecule has 1 amide bonds. The number of amides is 1. The molecule has 1 aliphatic rings. The molecule has 0 spiro atoms. The van der Waals surface area contributed by atoms with Gasteiger partial charge in [-0.1, -0.05) is 33.1 Å². The van der Waals surface area contributed by atoms with E-state index < -0.39 is 11.4 Å². The maximum atomic E-state index is 12.2. The highest BCUT2D eigenvalue weighted by atomic mass is 16.4. The Labute approximate surface area is 127 Å². The van der Waals surface area contributed by atoms with Crippen LogP contribution in [-0.2, 0) is 9.59 Å². The third-order valence-electron chi connectivity index (χ3n) is 5.27. The van der Waals surface area contributed by atoms with Gasteiger partial charge in [0.15, 0.2) is 0 Å². The van der Waals surface area contributed by atoms with Crippen LogP contribution in [0.1, 0.15) is 65.2 Å². The van der Waals surface area contributed by atoms with E-state index in [-0.39, 0.29) is 18.0 Å². The molecule has 1 aliphatic carbocycles. The van der Waals surface area contributed by atoms with E-state index in [1.165, 1.54) is 6.42 Å². The van der Waals surface area contributed by atoms with E-state index in [2.05, 4.69) is 10.6 Å². The Morgan fingerprint density at radius 1 is 1.14 bits per heavy atom. The van der Waals surface area contributed by atoms with Crippen LogP contribution >= 0.6 is 0 Å². The Morgan fingerprint density at radius 3 is 2.14 bits per heavy atom. The molecule has 0 aliphatic heterocycles. The maximum Gasteiger partial charge on any atom is 0.311 e. The van der Waals surface area contributed by atoms with Gasteiger partial charge in [0.25, 0.3) is 0 Å². The highest BCUT2D eigenvalue weighted by Crippen LogP contribution is 2.31. The van der Waals surface area contributed by atoms with Crippen LogP contribution in [0.25, 0.3) is 0 Å². The molecule has 0 heterocycles. The first kappa shape index (κ1) is 18.0. The zero-order valence-electron chi connectivity index (χ0n) is 13.6. The van der Waals surface area contributed by atoms with Gasteiger partial charge in [0.2, 0.25) is 5.91 Å². The maximum absolute atomic E-state index is 12.2. The zero-order chi connectivity index (χ0) is 15.9. The van der Waals surface area contributed by atoms with Gasteiger partial charge < -0.3 is 15.7 Å².